The Labute approximate surface area is 133 Å². The first-order chi connectivity index (χ1) is 10.5. The lowest BCUT2D eigenvalue weighted by Gasteiger charge is -2.36. The van der Waals surface area contributed by atoms with Gasteiger partial charge in [0, 0.05) is 46.4 Å². The number of likely N-dealkylation sites (tertiary alicyclic amines) is 1. The second-order valence-electron chi connectivity index (χ2n) is 5.87. The first-order valence-electron chi connectivity index (χ1n) is 7.99. The fourth-order valence-electron chi connectivity index (χ4n) is 3.17. The van der Waals surface area contributed by atoms with E-state index in [2.05, 4.69) is 4.90 Å². The lowest BCUT2D eigenvalue weighted by molar-refractivity contribution is -0.133. The van der Waals surface area contributed by atoms with Crippen LogP contribution < -0.4 is 0 Å². The zero-order valence-electron chi connectivity index (χ0n) is 13.5. The molecule has 0 spiro atoms. The molecule has 0 aromatic carbocycles. The summed E-state index contributed by atoms with van der Waals surface area (Å²) >= 11 is 0. The maximum atomic E-state index is 12.4. The van der Waals surface area contributed by atoms with Gasteiger partial charge >= 0.3 is 0 Å². The number of carbonyl (C=O) groups is 1. The topological polar surface area (TPSA) is 70.2 Å². The molecule has 22 heavy (non-hydrogen) atoms. The quantitative estimate of drug-likeness (QED) is 0.633. The van der Waals surface area contributed by atoms with E-state index in [-0.39, 0.29) is 17.7 Å². The average Bonchev–Trinajstić information content (AvgIpc) is 2.86. The van der Waals surface area contributed by atoms with Gasteiger partial charge in [0.1, 0.15) is 0 Å². The predicted octanol–water partition coefficient (Wildman–Crippen LogP) is -0.409. The van der Waals surface area contributed by atoms with Crippen LogP contribution in [0.5, 0.6) is 0 Å². The van der Waals surface area contributed by atoms with Crippen molar-refractivity contribution in [2.75, 3.05) is 58.7 Å². The Bertz CT molecular complexity index is 474. The maximum Gasteiger partial charge on any atom is 0.240 e. The third-order valence-corrected chi connectivity index (χ3v) is 6.48. The van der Waals surface area contributed by atoms with E-state index in [1.54, 1.807) is 11.4 Å². The molecule has 0 aromatic heterocycles. The van der Waals surface area contributed by atoms with Crippen molar-refractivity contribution in [3.05, 3.63) is 0 Å². The summed E-state index contributed by atoms with van der Waals surface area (Å²) in [4.78, 5) is 16.4. The molecule has 2 rings (SSSR count). The molecule has 1 amide bonds. The number of nitrogens with zero attached hydrogens (tertiary/aromatic N) is 3. The largest absolute Gasteiger partial charge is 0.383 e. The summed E-state index contributed by atoms with van der Waals surface area (Å²) in [7, 11) is -1.49. The van der Waals surface area contributed by atoms with Gasteiger partial charge in [0.2, 0.25) is 15.9 Å². The summed E-state index contributed by atoms with van der Waals surface area (Å²) in [6.45, 7) is 6.09. The predicted molar refractivity (Wildman–Crippen MR) is 84.1 cm³/mol. The number of hydrogen-bond donors (Lipinski definition) is 0. The molecule has 1 unspecified atom stereocenters. The summed E-state index contributed by atoms with van der Waals surface area (Å²) in [6.07, 6.45) is 1.46. The van der Waals surface area contributed by atoms with Crippen LogP contribution in [0.15, 0.2) is 0 Å². The van der Waals surface area contributed by atoms with Gasteiger partial charge in [-0.15, -0.1) is 0 Å². The molecule has 2 saturated heterocycles. The highest BCUT2D eigenvalue weighted by molar-refractivity contribution is 7.89. The van der Waals surface area contributed by atoms with Crippen LogP contribution in [0.25, 0.3) is 0 Å². The van der Waals surface area contributed by atoms with Crippen molar-refractivity contribution in [2.45, 2.75) is 25.8 Å². The SMILES string of the molecule is CCCS(=O)(=O)N1CCN(C2CCN(CCOC)C2=O)CC1. The first-order valence-corrected chi connectivity index (χ1v) is 9.60. The second kappa shape index (κ2) is 7.72. The van der Waals surface area contributed by atoms with Crippen molar-refractivity contribution < 1.29 is 17.9 Å². The molecule has 0 aromatic rings. The van der Waals surface area contributed by atoms with E-state index in [1.165, 1.54) is 0 Å². The van der Waals surface area contributed by atoms with Gasteiger partial charge in [-0.1, -0.05) is 6.92 Å². The van der Waals surface area contributed by atoms with Crippen LogP contribution in [0.4, 0.5) is 0 Å². The molecule has 2 fully saturated rings. The van der Waals surface area contributed by atoms with Crippen molar-refractivity contribution >= 4 is 15.9 Å². The monoisotopic (exact) mass is 333 g/mol. The summed E-state index contributed by atoms with van der Waals surface area (Å²) in [5.41, 5.74) is 0. The number of sulfonamides is 1. The van der Waals surface area contributed by atoms with E-state index in [9.17, 15) is 13.2 Å². The van der Waals surface area contributed by atoms with Crippen LogP contribution in [0.3, 0.4) is 0 Å². The number of methoxy groups -OCH3 is 1. The molecule has 0 aliphatic carbocycles. The van der Waals surface area contributed by atoms with E-state index in [0.29, 0.717) is 45.8 Å². The van der Waals surface area contributed by atoms with Gasteiger partial charge in [-0.25, -0.2) is 8.42 Å². The lowest BCUT2D eigenvalue weighted by Crippen LogP contribution is -2.54. The zero-order valence-corrected chi connectivity index (χ0v) is 14.3. The van der Waals surface area contributed by atoms with Gasteiger partial charge in [-0.2, -0.15) is 4.31 Å². The number of rotatable bonds is 7. The molecular weight excluding hydrogens is 306 g/mol. The zero-order chi connectivity index (χ0) is 16.2. The van der Waals surface area contributed by atoms with E-state index < -0.39 is 10.0 Å². The second-order valence-corrected chi connectivity index (χ2v) is 7.96. The molecule has 0 radical (unpaired) electrons. The molecule has 0 bridgehead atoms. The molecule has 7 nitrogen and oxygen atoms in total. The highest BCUT2D eigenvalue weighted by Gasteiger charge is 2.38. The minimum atomic E-state index is -3.12. The van der Waals surface area contributed by atoms with Crippen LogP contribution in [0.1, 0.15) is 19.8 Å². The Balaban J connectivity index is 1.86. The fraction of sp³-hybridized carbons (Fsp3) is 0.929. The van der Waals surface area contributed by atoms with Gasteiger partial charge in [0.15, 0.2) is 0 Å². The molecule has 128 valence electrons. The highest BCUT2D eigenvalue weighted by atomic mass is 32.2. The van der Waals surface area contributed by atoms with Gasteiger partial charge < -0.3 is 9.64 Å². The number of hydrogen-bond acceptors (Lipinski definition) is 5. The van der Waals surface area contributed by atoms with Crippen LogP contribution in [-0.4, -0.2) is 93.2 Å². The number of amides is 1. The van der Waals surface area contributed by atoms with Gasteiger partial charge in [0.05, 0.1) is 18.4 Å². The standard InChI is InChI=1S/C14H27N3O4S/c1-3-12-22(19,20)17-8-6-15(7-9-17)13-4-5-16(14(13)18)10-11-21-2/h13H,3-12H2,1-2H3. The Morgan fingerprint density at radius 3 is 2.45 bits per heavy atom. The maximum absolute atomic E-state index is 12.4. The van der Waals surface area contributed by atoms with Crippen LogP contribution >= 0.6 is 0 Å². The first kappa shape index (κ1) is 17.7. The minimum absolute atomic E-state index is 0.0899. The van der Waals surface area contributed by atoms with E-state index in [4.69, 9.17) is 4.74 Å². The Hall–Kier alpha value is -0.700. The smallest absolute Gasteiger partial charge is 0.240 e. The third kappa shape index (κ3) is 3.98. The van der Waals surface area contributed by atoms with Gasteiger partial charge in [-0.3, -0.25) is 9.69 Å². The van der Waals surface area contributed by atoms with Crippen molar-refractivity contribution in [3.8, 4) is 0 Å². The summed E-state index contributed by atoms with van der Waals surface area (Å²) in [5, 5.41) is 0. The van der Waals surface area contributed by atoms with E-state index in [0.717, 1.165) is 13.0 Å². The summed E-state index contributed by atoms with van der Waals surface area (Å²) < 4.78 is 30.7. The molecule has 0 N–H and O–H groups in total. The van der Waals surface area contributed by atoms with Gasteiger partial charge in [0.25, 0.3) is 0 Å². The van der Waals surface area contributed by atoms with Crippen molar-refractivity contribution in [1.82, 2.24) is 14.1 Å². The molecule has 2 aliphatic heterocycles. The number of carbonyl (C=O) groups excluding carboxylic acids is 1. The molecular formula is C14H27N3O4S. The Morgan fingerprint density at radius 1 is 1.18 bits per heavy atom. The number of piperazine rings is 1. The number of ether oxygens (including phenoxy) is 1. The van der Waals surface area contributed by atoms with Gasteiger partial charge in [-0.05, 0) is 12.8 Å². The highest BCUT2D eigenvalue weighted by Crippen LogP contribution is 2.20. The molecule has 2 aliphatic rings. The van der Waals surface area contributed by atoms with Crippen LogP contribution in [-0.2, 0) is 19.6 Å². The molecule has 1 atom stereocenters. The van der Waals surface area contributed by atoms with E-state index >= 15 is 0 Å². The van der Waals surface area contributed by atoms with Crippen molar-refractivity contribution in [1.29, 1.82) is 0 Å². The average molecular weight is 333 g/mol. The molecule has 2 heterocycles. The summed E-state index contributed by atoms with van der Waals surface area (Å²) in [6, 6.07) is -0.0899. The normalized spacial score (nSPS) is 25.1. The Morgan fingerprint density at radius 2 is 1.86 bits per heavy atom. The van der Waals surface area contributed by atoms with E-state index in [1.807, 2.05) is 11.8 Å². The van der Waals surface area contributed by atoms with Crippen molar-refractivity contribution in [2.24, 2.45) is 0 Å². The molecule has 8 heteroatoms. The van der Waals surface area contributed by atoms with Crippen LogP contribution in [0.2, 0.25) is 0 Å². The van der Waals surface area contributed by atoms with Crippen molar-refractivity contribution in [3.63, 3.8) is 0 Å². The third-order valence-electron chi connectivity index (χ3n) is 4.40. The molecule has 0 saturated carbocycles. The fourth-order valence-corrected chi connectivity index (χ4v) is 4.66. The summed E-state index contributed by atoms with van der Waals surface area (Å²) in [5.74, 6) is 0.363. The van der Waals surface area contributed by atoms with Crippen LogP contribution in [0, 0.1) is 0 Å². The lowest BCUT2D eigenvalue weighted by atomic mass is 10.2. The Kier molecular flexibility index (Phi) is 6.19. The minimum Gasteiger partial charge on any atom is -0.383 e.